The van der Waals surface area contributed by atoms with E-state index < -0.39 is 10.0 Å². The standard InChI is InChI=1S/C13H14N2O3S2/c1-18-9-3-2-4-10(7-9)19-13-8-11(20(15,16)17)5-6-12(13)14/h2-8H,14H2,1H3,(H2,15,16,17). The molecule has 106 valence electrons. The first-order valence-electron chi connectivity index (χ1n) is 5.64. The summed E-state index contributed by atoms with van der Waals surface area (Å²) in [4.78, 5) is 1.56. The summed E-state index contributed by atoms with van der Waals surface area (Å²) in [5.74, 6) is 0.719. The van der Waals surface area contributed by atoms with Crippen LogP contribution in [0.5, 0.6) is 5.75 Å². The third-order valence-corrected chi connectivity index (χ3v) is 4.56. The number of benzene rings is 2. The first-order valence-corrected chi connectivity index (χ1v) is 8.00. The molecule has 4 N–H and O–H groups in total. The number of ether oxygens (including phenoxy) is 1. The van der Waals surface area contributed by atoms with Crippen LogP contribution in [-0.2, 0) is 10.0 Å². The summed E-state index contributed by atoms with van der Waals surface area (Å²) in [6, 6.07) is 11.8. The zero-order valence-corrected chi connectivity index (χ0v) is 12.4. The third kappa shape index (κ3) is 3.44. The lowest BCUT2D eigenvalue weighted by atomic mass is 10.3. The van der Waals surface area contributed by atoms with E-state index in [2.05, 4.69) is 0 Å². The van der Waals surface area contributed by atoms with E-state index >= 15 is 0 Å². The lowest BCUT2D eigenvalue weighted by Crippen LogP contribution is -2.12. The molecule has 0 aliphatic heterocycles. The summed E-state index contributed by atoms with van der Waals surface area (Å²) in [7, 11) is -2.16. The molecular weight excluding hydrogens is 296 g/mol. The Labute approximate surface area is 122 Å². The van der Waals surface area contributed by atoms with Crippen LogP contribution in [0.4, 0.5) is 5.69 Å². The number of rotatable bonds is 4. The predicted octanol–water partition coefficient (Wildman–Crippen LogP) is 2.08. The number of methoxy groups -OCH3 is 1. The van der Waals surface area contributed by atoms with Crippen molar-refractivity contribution in [1.82, 2.24) is 0 Å². The first kappa shape index (κ1) is 14.7. The monoisotopic (exact) mass is 310 g/mol. The minimum atomic E-state index is -3.74. The smallest absolute Gasteiger partial charge is 0.238 e. The quantitative estimate of drug-likeness (QED) is 0.843. The zero-order valence-electron chi connectivity index (χ0n) is 10.7. The molecule has 5 nitrogen and oxygen atoms in total. The molecule has 2 aromatic rings. The van der Waals surface area contributed by atoms with E-state index in [0.717, 1.165) is 10.6 Å². The molecule has 0 unspecified atom stereocenters. The molecule has 0 aliphatic rings. The predicted molar refractivity (Wildman–Crippen MR) is 79.3 cm³/mol. The SMILES string of the molecule is COc1cccc(Sc2cc(S(N)(=O)=O)ccc2N)c1. The molecule has 0 bridgehead atoms. The highest BCUT2D eigenvalue weighted by Gasteiger charge is 2.11. The van der Waals surface area contributed by atoms with Crippen LogP contribution >= 0.6 is 11.8 Å². The summed E-state index contributed by atoms with van der Waals surface area (Å²) >= 11 is 1.35. The third-order valence-electron chi connectivity index (χ3n) is 2.58. The highest BCUT2D eigenvalue weighted by Crippen LogP contribution is 2.34. The second-order valence-electron chi connectivity index (χ2n) is 4.03. The highest BCUT2D eigenvalue weighted by molar-refractivity contribution is 7.99. The number of sulfonamides is 1. The Morgan fingerprint density at radius 2 is 1.90 bits per heavy atom. The van der Waals surface area contributed by atoms with Crippen LogP contribution in [0, 0.1) is 0 Å². The van der Waals surface area contributed by atoms with Gasteiger partial charge in [-0.15, -0.1) is 0 Å². The minimum absolute atomic E-state index is 0.0390. The Hall–Kier alpha value is -1.70. The Kier molecular flexibility index (Phi) is 4.22. The molecule has 0 aliphatic carbocycles. The number of hydrogen-bond donors (Lipinski definition) is 2. The highest BCUT2D eigenvalue weighted by atomic mass is 32.2. The molecule has 0 atom stereocenters. The van der Waals surface area contributed by atoms with E-state index in [0.29, 0.717) is 10.6 Å². The minimum Gasteiger partial charge on any atom is -0.497 e. The number of nitrogens with two attached hydrogens (primary N) is 2. The Bertz CT molecular complexity index is 730. The van der Waals surface area contributed by atoms with Crippen molar-refractivity contribution >= 4 is 27.5 Å². The van der Waals surface area contributed by atoms with Gasteiger partial charge in [0.1, 0.15) is 5.75 Å². The van der Waals surface area contributed by atoms with Gasteiger partial charge in [-0.1, -0.05) is 17.8 Å². The van der Waals surface area contributed by atoms with E-state index in [4.69, 9.17) is 15.6 Å². The summed E-state index contributed by atoms with van der Waals surface area (Å²) in [6.45, 7) is 0. The molecule has 0 amide bonds. The Morgan fingerprint density at radius 1 is 1.15 bits per heavy atom. The van der Waals surface area contributed by atoms with Crippen molar-refractivity contribution in [3.63, 3.8) is 0 Å². The molecule has 2 aromatic carbocycles. The van der Waals surface area contributed by atoms with Crippen molar-refractivity contribution in [1.29, 1.82) is 0 Å². The molecule has 7 heteroatoms. The van der Waals surface area contributed by atoms with Crippen molar-refractivity contribution in [2.24, 2.45) is 5.14 Å². The largest absolute Gasteiger partial charge is 0.497 e. The molecule has 0 saturated carbocycles. The average molecular weight is 310 g/mol. The maximum absolute atomic E-state index is 11.4. The van der Waals surface area contributed by atoms with Gasteiger partial charge in [-0.05, 0) is 36.4 Å². The maximum atomic E-state index is 11.4. The second kappa shape index (κ2) is 5.74. The number of nitrogen functional groups attached to an aromatic ring is 1. The fourth-order valence-electron chi connectivity index (χ4n) is 1.57. The van der Waals surface area contributed by atoms with E-state index in [1.807, 2.05) is 24.3 Å². The zero-order chi connectivity index (χ0) is 14.8. The molecule has 0 fully saturated rings. The fraction of sp³-hybridized carbons (Fsp3) is 0.0769. The van der Waals surface area contributed by atoms with E-state index in [9.17, 15) is 8.42 Å². The van der Waals surface area contributed by atoms with Crippen LogP contribution in [0.15, 0.2) is 57.2 Å². The van der Waals surface area contributed by atoms with Gasteiger partial charge in [0.2, 0.25) is 10.0 Å². The molecule has 0 heterocycles. The summed E-state index contributed by atoms with van der Waals surface area (Å²) in [6.07, 6.45) is 0. The average Bonchev–Trinajstić information content (AvgIpc) is 2.40. The fourth-order valence-corrected chi connectivity index (χ4v) is 3.13. The van der Waals surface area contributed by atoms with Gasteiger partial charge >= 0.3 is 0 Å². The molecule has 0 aromatic heterocycles. The molecular formula is C13H14N2O3S2. The Balaban J connectivity index is 2.37. The number of primary sulfonamides is 1. The van der Waals surface area contributed by atoms with Gasteiger partial charge in [0.25, 0.3) is 0 Å². The van der Waals surface area contributed by atoms with Gasteiger partial charge < -0.3 is 10.5 Å². The first-order chi connectivity index (χ1) is 9.40. The van der Waals surface area contributed by atoms with Gasteiger partial charge in [-0.25, -0.2) is 13.6 Å². The maximum Gasteiger partial charge on any atom is 0.238 e. The van der Waals surface area contributed by atoms with Crippen LogP contribution in [0.2, 0.25) is 0 Å². The van der Waals surface area contributed by atoms with Crippen molar-refractivity contribution < 1.29 is 13.2 Å². The topological polar surface area (TPSA) is 95.4 Å². The number of anilines is 1. The van der Waals surface area contributed by atoms with Crippen LogP contribution in [0.1, 0.15) is 0 Å². The van der Waals surface area contributed by atoms with E-state index in [-0.39, 0.29) is 4.90 Å². The molecule has 0 spiro atoms. The Morgan fingerprint density at radius 3 is 2.55 bits per heavy atom. The van der Waals surface area contributed by atoms with Crippen LogP contribution < -0.4 is 15.6 Å². The van der Waals surface area contributed by atoms with Crippen LogP contribution in [0.3, 0.4) is 0 Å². The second-order valence-corrected chi connectivity index (χ2v) is 6.70. The van der Waals surface area contributed by atoms with Crippen molar-refractivity contribution in [3.8, 4) is 5.75 Å². The van der Waals surface area contributed by atoms with Gasteiger partial charge in [-0.2, -0.15) is 0 Å². The molecule has 2 rings (SSSR count). The lowest BCUT2D eigenvalue weighted by molar-refractivity contribution is 0.413. The van der Waals surface area contributed by atoms with Crippen LogP contribution in [0.25, 0.3) is 0 Å². The van der Waals surface area contributed by atoms with Gasteiger partial charge in [-0.3, -0.25) is 0 Å². The van der Waals surface area contributed by atoms with Gasteiger partial charge in [0.05, 0.1) is 12.0 Å². The molecule has 20 heavy (non-hydrogen) atoms. The van der Waals surface area contributed by atoms with E-state index in [1.54, 1.807) is 7.11 Å². The van der Waals surface area contributed by atoms with Crippen molar-refractivity contribution in [2.45, 2.75) is 14.7 Å². The summed E-state index contributed by atoms with van der Waals surface area (Å²) in [5.41, 5.74) is 6.35. The van der Waals surface area contributed by atoms with Gasteiger partial charge in [0.15, 0.2) is 0 Å². The summed E-state index contributed by atoms with van der Waals surface area (Å²) < 4.78 is 27.9. The van der Waals surface area contributed by atoms with Crippen molar-refractivity contribution in [3.05, 3.63) is 42.5 Å². The summed E-state index contributed by atoms with van der Waals surface area (Å²) in [5, 5.41) is 5.12. The van der Waals surface area contributed by atoms with Gasteiger partial charge in [0, 0.05) is 15.5 Å². The van der Waals surface area contributed by atoms with Crippen molar-refractivity contribution in [2.75, 3.05) is 12.8 Å². The molecule has 0 saturated heterocycles. The van der Waals surface area contributed by atoms with Crippen LogP contribution in [-0.4, -0.2) is 15.5 Å². The van der Waals surface area contributed by atoms with E-state index in [1.165, 1.54) is 30.0 Å². The molecule has 0 radical (unpaired) electrons. The normalized spacial score (nSPS) is 11.3. The lowest BCUT2D eigenvalue weighted by Gasteiger charge is -2.08. The number of hydrogen-bond acceptors (Lipinski definition) is 5.